The molecular formula is C20H17NO6. The first-order chi connectivity index (χ1) is 13.1. The zero-order valence-corrected chi connectivity index (χ0v) is 14.6. The molecule has 0 radical (unpaired) electrons. The van der Waals surface area contributed by atoms with Crippen molar-refractivity contribution in [2.75, 3.05) is 6.61 Å². The summed E-state index contributed by atoms with van der Waals surface area (Å²) in [5.74, 6) is 0.113. The summed E-state index contributed by atoms with van der Waals surface area (Å²) in [6.07, 6.45) is -0.102. The Morgan fingerprint density at radius 1 is 1.19 bits per heavy atom. The molecule has 7 nitrogen and oxygen atoms in total. The van der Waals surface area contributed by atoms with Crippen molar-refractivity contribution in [1.82, 2.24) is 0 Å². The highest BCUT2D eigenvalue weighted by Crippen LogP contribution is 2.42. The van der Waals surface area contributed by atoms with Crippen LogP contribution in [0.25, 0.3) is 11.0 Å². The number of non-ortho nitro benzene ring substituents is 1. The first-order valence-corrected chi connectivity index (χ1v) is 8.67. The first kappa shape index (κ1) is 17.2. The van der Waals surface area contributed by atoms with E-state index in [1.807, 2.05) is 19.1 Å². The summed E-state index contributed by atoms with van der Waals surface area (Å²) in [5.41, 5.74) is 1.16. The van der Waals surface area contributed by atoms with E-state index in [1.54, 1.807) is 24.3 Å². The van der Waals surface area contributed by atoms with Gasteiger partial charge in [-0.3, -0.25) is 10.1 Å². The van der Waals surface area contributed by atoms with Gasteiger partial charge < -0.3 is 13.9 Å². The van der Waals surface area contributed by atoms with E-state index in [1.165, 1.54) is 12.1 Å². The van der Waals surface area contributed by atoms with Crippen LogP contribution in [-0.4, -0.2) is 17.8 Å². The van der Waals surface area contributed by atoms with Crippen molar-refractivity contribution in [2.24, 2.45) is 0 Å². The zero-order valence-electron chi connectivity index (χ0n) is 14.6. The van der Waals surface area contributed by atoms with Gasteiger partial charge in [-0.2, -0.15) is 0 Å². The van der Waals surface area contributed by atoms with E-state index in [0.29, 0.717) is 35.3 Å². The van der Waals surface area contributed by atoms with Gasteiger partial charge in [0.2, 0.25) is 6.29 Å². The van der Waals surface area contributed by atoms with Gasteiger partial charge in [0.15, 0.2) is 0 Å². The minimum absolute atomic E-state index is 0.00191. The van der Waals surface area contributed by atoms with E-state index < -0.39 is 16.8 Å². The van der Waals surface area contributed by atoms with Crippen LogP contribution in [-0.2, 0) is 4.74 Å². The molecule has 2 aromatic carbocycles. The number of fused-ring (bicyclic) bond motifs is 3. The molecule has 0 fully saturated rings. The Hall–Kier alpha value is -3.19. The van der Waals surface area contributed by atoms with Crippen LogP contribution in [0.2, 0.25) is 0 Å². The van der Waals surface area contributed by atoms with Crippen molar-refractivity contribution in [3.05, 3.63) is 80.2 Å². The van der Waals surface area contributed by atoms with Crippen LogP contribution < -0.4 is 10.4 Å². The second-order valence-corrected chi connectivity index (χ2v) is 6.27. The number of para-hydroxylation sites is 1. The molecule has 0 bridgehead atoms. The van der Waals surface area contributed by atoms with Gasteiger partial charge in [-0.25, -0.2) is 4.79 Å². The molecule has 1 aliphatic heterocycles. The standard InChI is InChI=1S/C20H17NO6/c1-2-25-17-11-15(12-7-9-13(10-8-12)21(23)24)18-19(27-17)14-5-3-4-6-16(14)26-20(18)22/h3-10,15,17H,2,11H2,1H3/t15-,17-/m0/s1. The van der Waals surface area contributed by atoms with E-state index >= 15 is 0 Å². The van der Waals surface area contributed by atoms with Gasteiger partial charge in [-0.1, -0.05) is 24.3 Å². The van der Waals surface area contributed by atoms with Crippen LogP contribution in [0.15, 0.2) is 57.7 Å². The van der Waals surface area contributed by atoms with Crippen molar-refractivity contribution in [2.45, 2.75) is 25.6 Å². The molecule has 2 atom stereocenters. The third kappa shape index (κ3) is 3.06. The van der Waals surface area contributed by atoms with Crippen LogP contribution >= 0.6 is 0 Å². The Kier molecular flexibility index (Phi) is 4.37. The topological polar surface area (TPSA) is 91.8 Å². The highest BCUT2D eigenvalue weighted by atomic mass is 16.7. The van der Waals surface area contributed by atoms with E-state index in [-0.39, 0.29) is 11.6 Å². The van der Waals surface area contributed by atoms with Crippen LogP contribution in [0.3, 0.4) is 0 Å². The number of hydrogen-bond donors (Lipinski definition) is 0. The Balaban J connectivity index is 1.89. The number of ether oxygens (including phenoxy) is 2. The number of rotatable bonds is 4. The van der Waals surface area contributed by atoms with Gasteiger partial charge in [0.1, 0.15) is 11.3 Å². The summed E-state index contributed by atoms with van der Waals surface area (Å²) in [6.45, 7) is 2.34. The number of hydrogen-bond acceptors (Lipinski definition) is 6. The maximum absolute atomic E-state index is 12.7. The Bertz CT molecular complexity index is 1060. The van der Waals surface area contributed by atoms with E-state index in [4.69, 9.17) is 13.9 Å². The molecule has 27 heavy (non-hydrogen) atoms. The predicted octanol–water partition coefficient (Wildman–Crippen LogP) is 3.98. The monoisotopic (exact) mass is 367 g/mol. The fourth-order valence-electron chi connectivity index (χ4n) is 3.47. The van der Waals surface area contributed by atoms with Crippen molar-refractivity contribution < 1.29 is 18.8 Å². The lowest BCUT2D eigenvalue weighted by Crippen LogP contribution is -2.32. The molecule has 138 valence electrons. The second-order valence-electron chi connectivity index (χ2n) is 6.27. The fraction of sp³-hybridized carbons (Fsp3) is 0.250. The lowest BCUT2D eigenvalue weighted by molar-refractivity contribution is -0.384. The van der Waals surface area contributed by atoms with Crippen molar-refractivity contribution in [3.8, 4) is 5.75 Å². The lowest BCUT2D eigenvalue weighted by atomic mass is 9.86. The molecule has 0 N–H and O–H groups in total. The number of nitro groups is 1. The summed E-state index contributed by atoms with van der Waals surface area (Å²) in [7, 11) is 0. The molecule has 0 aliphatic carbocycles. The SMILES string of the molecule is CCO[C@@H]1C[C@@H](c2ccc([N+](=O)[O-])cc2)c2c(c3ccccc3oc2=O)O1. The smallest absolute Gasteiger partial charge is 0.343 e. The molecule has 1 aromatic heterocycles. The summed E-state index contributed by atoms with van der Waals surface area (Å²) in [5, 5.41) is 11.6. The van der Waals surface area contributed by atoms with Crippen LogP contribution in [0.5, 0.6) is 5.75 Å². The molecule has 3 aromatic rings. The minimum Gasteiger partial charge on any atom is -0.464 e. The van der Waals surface area contributed by atoms with Crippen molar-refractivity contribution >= 4 is 16.7 Å². The van der Waals surface area contributed by atoms with Crippen LogP contribution in [0, 0.1) is 10.1 Å². The van der Waals surface area contributed by atoms with Crippen LogP contribution in [0.1, 0.15) is 30.4 Å². The summed E-state index contributed by atoms with van der Waals surface area (Å²) in [4.78, 5) is 23.2. The van der Waals surface area contributed by atoms with E-state index in [9.17, 15) is 14.9 Å². The molecular weight excluding hydrogens is 350 g/mol. The molecule has 7 heteroatoms. The molecule has 4 rings (SSSR count). The van der Waals surface area contributed by atoms with Crippen LogP contribution in [0.4, 0.5) is 5.69 Å². The number of nitro benzene ring substituents is 1. The molecule has 0 saturated heterocycles. The van der Waals surface area contributed by atoms with E-state index in [2.05, 4.69) is 0 Å². The van der Waals surface area contributed by atoms with Gasteiger partial charge in [0.05, 0.1) is 15.9 Å². The van der Waals surface area contributed by atoms with Gasteiger partial charge in [-0.15, -0.1) is 0 Å². The number of benzene rings is 2. The predicted molar refractivity (Wildman–Crippen MR) is 98.1 cm³/mol. The maximum Gasteiger partial charge on any atom is 0.343 e. The lowest BCUT2D eigenvalue weighted by Gasteiger charge is -2.31. The maximum atomic E-state index is 12.7. The molecule has 2 heterocycles. The van der Waals surface area contributed by atoms with Gasteiger partial charge >= 0.3 is 5.63 Å². The molecule has 0 amide bonds. The molecule has 0 unspecified atom stereocenters. The average molecular weight is 367 g/mol. The first-order valence-electron chi connectivity index (χ1n) is 8.67. The van der Waals surface area contributed by atoms with Gasteiger partial charge in [0, 0.05) is 31.1 Å². The molecule has 0 spiro atoms. The third-order valence-corrected chi connectivity index (χ3v) is 4.68. The highest BCUT2D eigenvalue weighted by Gasteiger charge is 2.34. The second kappa shape index (κ2) is 6.85. The highest BCUT2D eigenvalue weighted by molar-refractivity contribution is 5.85. The molecule has 1 aliphatic rings. The Labute approximate surface area is 154 Å². The van der Waals surface area contributed by atoms with Crippen molar-refractivity contribution in [1.29, 1.82) is 0 Å². The van der Waals surface area contributed by atoms with Crippen molar-refractivity contribution in [3.63, 3.8) is 0 Å². The zero-order chi connectivity index (χ0) is 19.0. The summed E-state index contributed by atoms with van der Waals surface area (Å²) >= 11 is 0. The van der Waals surface area contributed by atoms with Gasteiger partial charge in [0.25, 0.3) is 5.69 Å². The quantitative estimate of drug-likeness (QED) is 0.393. The summed E-state index contributed by atoms with van der Waals surface area (Å²) in [6, 6.07) is 13.4. The van der Waals surface area contributed by atoms with E-state index in [0.717, 1.165) is 5.56 Å². The number of nitrogens with zero attached hydrogens (tertiary/aromatic N) is 1. The average Bonchev–Trinajstić information content (AvgIpc) is 2.68. The third-order valence-electron chi connectivity index (χ3n) is 4.68. The normalized spacial score (nSPS) is 18.7. The largest absolute Gasteiger partial charge is 0.464 e. The fourth-order valence-corrected chi connectivity index (χ4v) is 3.47. The Morgan fingerprint density at radius 2 is 1.93 bits per heavy atom. The molecule has 0 saturated carbocycles. The minimum atomic E-state index is -0.520. The summed E-state index contributed by atoms with van der Waals surface area (Å²) < 4.78 is 17.2. The Morgan fingerprint density at radius 3 is 2.63 bits per heavy atom. The van der Waals surface area contributed by atoms with Gasteiger partial charge in [-0.05, 0) is 24.6 Å².